The summed E-state index contributed by atoms with van der Waals surface area (Å²) in [5.41, 5.74) is 1.56. The van der Waals surface area contributed by atoms with Gasteiger partial charge in [-0.25, -0.2) is 0 Å². The van der Waals surface area contributed by atoms with E-state index in [4.69, 9.17) is 0 Å². The molecular weight excluding hydrogens is 146 g/mol. The second-order valence-electron chi connectivity index (χ2n) is 1.93. The Morgan fingerprint density at radius 1 is 0.818 bits per heavy atom. The third-order valence-electron chi connectivity index (χ3n) is 1.21. The fraction of sp³-hybridized carbons (Fsp3) is 0.250. The first kappa shape index (κ1) is 5.96. The van der Waals surface area contributed by atoms with Gasteiger partial charge in [-0.3, -0.25) is 0 Å². The topological polar surface area (TPSA) is 90.2 Å². The molecule has 0 fully saturated rings. The molecule has 2 aromatic heterocycles. The van der Waals surface area contributed by atoms with Crippen LogP contribution in [0.3, 0.4) is 0 Å². The van der Waals surface area contributed by atoms with Crippen molar-refractivity contribution in [2.24, 2.45) is 0 Å². The molecule has 7 nitrogen and oxygen atoms in total. The summed E-state index contributed by atoms with van der Waals surface area (Å²) in [6, 6.07) is 0. The largest absolute Gasteiger partial charge is 0.229 e. The summed E-state index contributed by atoms with van der Waals surface area (Å²) in [6.07, 6.45) is 0. The van der Waals surface area contributed by atoms with E-state index in [9.17, 15) is 0 Å². The summed E-state index contributed by atoms with van der Waals surface area (Å²) in [4.78, 5) is 0. The summed E-state index contributed by atoms with van der Waals surface area (Å²) >= 11 is 0. The smallest absolute Gasteiger partial charge is 0.133 e. The van der Waals surface area contributed by atoms with Crippen LogP contribution in [0, 0.1) is 6.92 Å². The van der Waals surface area contributed by atoms with Crippen molar-refractivity contribution in [2.75, 3.05) is 0 Å². The minimum Gasteiger partial charge on any atom is -0.133 e. The van der Waals surface area contributed by atoms with Crippen molar-refractivity contribution in [3.05, 3.63) is 5.69 Å². The normalized spacial score (nSPS) is 10.3. The van der Waals surface area contributed by atoms with Gasteiger partial charge in [0.15, 0.2) is 5.52 Å². The van der Waals surface area contributed by atoms with Crippen LogP contribution in [0.5, 0.6) is 0 Å². The summed E-state index contributed by atoms with van der Waals surface area (Å²) in [6.45, 7) is 1.76. The minimum atomic E-state index is 0.368. The number of aryl methyl sites for hydroxylation is 1. The van der Waals surface area contributed by atoms with Gasteiger partial charge >= 0.3 is 0 Å². The summed E-state index contributed by atoms with van der Waals surface area (Å²) in [5.74, 6) is 0. The van der Waals surface area contributed by atoms with E-state index in [0.717, 1.165) is 0 Å². The highest BCUT2D eigenvalue weighted by Gasteiger charge is 2.01. The molecule has 0 aromatic carbocycles. The van der Waals surface area contributed by atoms with Crippen LogP contribution in [-0.2, 0) is 0 Å². The third-order valence-corrected chi connectivity index (χ3v) is 1.21. The van der Waals surface area contributed by atoms with Crippen LogP contribution in [0.25, 0.3) is 11.2 Å². The van der Waals surface area contributed by atoms with E-state index in [0.29, 0.717) is 16.9 Å². The second-order valence-corrected chi connectivity index (χ2v) is 1.93. The number of rotatable bonds is 0. The van der Waals surface area contributed by atoms with Crippen LogP contribution < -0.4 is 0 Å². The third kappa shape index (κ3) is 0.858. The monoisotopic (exact) mass is 149 g/mol. The molecule has 0 saturated heterocycles. The standard InChI is InChI=1S/C4H3N7/c1-2-3-4(7-9-5-2)8-11-10-6-3/h1H3. The Labute approximate surface area is 60.9 Å². The lowest BCUT2D eigenvalue weighted by Crippen LogP contribution is -2.00. The number of hydrogen-bond acceptors (Lipinski definition) is 7. The van der Waals surface area contributed by atoms with Gasteiger partial charge in [-0.15, -0.1) is 20.4 Å². The Morgan fingerprint density at radius 2 is 1.55 bits per heavy atom. The van der Waals surface area contributed by atoms with Gasteiger partial charge < -0.3 is 0 Å². The highest BCUT2D eigenvalue weighted by molar-refractivity contribution is 5.69. The molecule has 0 unspecified atom stereocenters. The quantitative estimate of drug-likeness (QED) is 0.470. The van der Waals surface area contributed by atoms with Crippen LogP contribution in [0.1, 0.15) is 5.69 Å². The van der Waals surface area contributed by atoms with E-state index in [1.165, 1.54) is 0 Å². The Bertz CT molecular complexity index is 380. The van der Waals surface area contributed by atoms with Crippen molar-refractivity contribution in [2.45, 2.75) is 6.92 Å². The van der Waals surface area contributed by atoms with E-state index < -0.39 is 0 Å². The molecule has 11 heavy (non-hydrogen) atoms. The fourth-order valence-corrected chi connectivity index (χ4v) is 0.700. The fourth-order valence-electron chi connectivity index (χ4n) is 0.700. The number of hydrogen-bond donors (Lipinski definition) is 0. The summed E-state index contributed by atoms with van der Waals surface area (Å²) < 4.78 is 0. The maximum Gasteiger partial charge on any atom is 0.229 e. The molecule has 54 valence electrons. The highest BCUT2D eigenvalue weighted by Crippen LogP contribution is 2.01. The highest BCUT2D eigenvalue weighted by atomic mass is 15.5. The van der Waals surface area contributed by atoms with E-state index >= 15 is 0 Å². The Kier molecular flexibility index (Phi) is 1.14. The van der Waals surface area contributed by atoms with Crippen LogP contribution in [0.4, 0.5) is 0 Å². The summed E-state index contributed by atoms with van der Waals surface area (Å²) in [5, 5.41) is 24.7. The molecule has 0 atom stereocenters. The predicted molar refractivity (Wildman–Crippen MR) is 33.2 cm³/mol. The Morgan fingerprint density at radius 3 is 2.36 bits per heavy atom. The van der Waals surface area contributed by atoms with Gasteiger partial charge in [-0.2, -0.15) is 0 Å². The molecule has 2 aromatic rings. The Balaban J connectivity index is 2.91. The van der Waals surface area contributed by atoms with Crippen LogP contribution in [0.2, 0.25) is 0 Å². The van der Waals surface area contributed by atoms with E-state index in [-0.39, 0.29) is 0 Å². The number of nitrogens with zero attached hydrogens (tertiary/aromatic N) is 7. The van der Waals surface area contributed by atoms with E-state index in [1.807, 2.05) is 0 Å². The predicted octanol–water partition coefficient (Wildman–Crippen LogP) is -1.09. The zero-order valence-electron chi connectivity index (χ0n) is 5.63. The number of fused-ring (bicyclic) bond motifs is 1. The molecule has 0 aliphatic carbocycles. The average molecular weight is 149 g/mol. The lowest BCUT2D eigenvalue weighted by atomic mass is 10.4. The van der Waals surface area contributed by atoms with E-state index in [1.54, 1.807) is 6.92 Å². The molecule has 0 aliphatic heterocycles. The second kappa shape index (κ2) is 2.11. The minimum absolute atomic E-state index is 0.368. The van der Waals surface area contributed by atoms with Crippen molar-refractivity contribution in [3.8, 4) is 0 Å². The van der Waals surface area contributed by atoms with Crippen molar-refractivity contribution in [3.63, 3.8) is 0 Å². The maximum atomic E-state index is 3.69. The molecule has 0 N–H and O–H groups in total. The van der Waals surface area contributed by atoms with Crippen molar-refractivity contribution in [1.82, 2.24) is 36.0 Å². The first-order chi connectivity index (χ1) is 5.38. The van der Waals surface area contributed by atoms with Gasteiger partial charge in [0.2, 0.25) is 5.65 Å². The van der Waals surface area contributed by atoms with Gasteiger partial charge in [0.1, 0.15) is 0 Å². The number of aromatic nitrogens is 7. The molecule has 0 saturated carbocycles. The van der Waals surface area contributed by atoms with Crippen molar-refractivity contribution < 1.29 is 0 Å². The van der Waals surface area contributed by atoms with Crippen LogP contribution >= 0.6 is 0 Å². The zero-order valence-corrected chi connectivity index (χ0v) is 5.63. The van der Waals surface area contributed by atoms with Gasteiger partial charge in [-0.1, -0.05) is 0 Å². The lowest BCUT2D eigenvalue weighted by molar-refractivity contribution is 0.758. The molecule has 0 aliphatic rings. The molecule has 0 spiro atoms. The molecule has 0 bridgehead atoms. The Hall–Kier alpha value is -1.79. The average Bonchev–Trinajstić information content (AvgIpc) is 2.06. The van der Waals surface area contributed by atoms with Gasteiger partial charge in [0.25, 0.3) is 0 Å². The zero-order chi connectivity index (χ0) is 7.68. The van der Waals surface area contributed by atoms with Crippen molar-refractivity contribution >= 4 is 11.2 Å². The SMILES string of the molecule is Cc1nnnc2nnnnc12. The maximum absolute atomic E-state index is 3.69. The summed E-state index contributed by atoms with van der Waals surface area (Å²) in [7, 11) is 0. The molecule has 0 radical (unpaired) electrons. The van der Waals surface area contributed by atoms with Gasteiger partial charge in [0, 0.05) is 0 Å². The molecule has 0 amide bonds. The van der Waals surface area contributed by atoms with Crippen molar-refractivity contribution in [1.29, 1.82) is 0 Å². The van der Waals surface area contributed by atoms with Gasteiger partial charge in [-0.05, 0) is 22.6 Å². The molecule has 2 rings (SSSR count). The first-order valence-electron chi connectivity index (χ1n) is 2.89. The molecule has 2 heterocycles. The van der Waals surface area contributed by atoms with Crippen LogP contribution in [0.15, 0.2) is 0 Å². The first-order valence-corrected chi connectivity index (χ1v) is 2.89. The van der Waals surface area contributed by atoms with Crippen LogP contribution in [-0.4, -0.2) is 36.0 Å². The van der Waals surface area contributed by atoms with Gasteiger partial charge in [0.05, 0.1) is 5.69 Å². The molecular formula is C4H3N7. The lowest BCUT2D eigenvalue weighted by Gasteiger charge is -1.90. The molecule has 7 heteroatoms. The van der Waals surface area contributed by atoms with E-state index in [2.05, 4.69) is 36.0 Å².